The number of pyridine rings is 3. The lowest BCUT2D eigenvalue weighted by atomic mass is 9.91. The molecule has 3 fully saturated rings. The van der Waals surface area contributed by atoms with E-state index in [1.807, 2.05) is 13.8 Å². The molecule has 13 aromatic rings. The molecule has 3 saturated carbocycles. The number of ether oxygens (including phenoxy) is 1. The number of nitrogens with zero attached hydrogens (tertiary/aromatic N) is 13. The average molecular weight is 1580 g/mol. The number of oxazole rings is 2. The molecule has 3 aliphatic rings. The molecule has 2 aromatic carbocycles. The number of aryl methyl sites for hydroxylation is 2. The number of carbonyl (C=O) groups excluding carboxylic acids is 1. The second-order valence-corrected chi connectivity index (χ2v) is 30.8. The van der Waals surface area contributed by atoms with Crippen LogP contribution in [-0.2, 0) is 24.8 Å². The predicted octanol–water partition coefficient (Wildman–Crippen LogP) is 12.7. The Morgan fingerprint density at radius 1 is 0.509 bits per heavy atom. The zero-order chi connectivity index (χ0) is 78.7. The van der Waals surface area contributed by atoms with Crippen LogP contribution in [0, 0.1) is 48.8 Å². The monoisotopic (exact) mass is 1580 g/mol. The molecule has 0 radical (unpaired) electrons. The Balaban J connectivity index is 0.000000141. The highest BCUT2D eigenvalue weighted by atomic mass is 32.2. The lowest BCUT2D eigenvalue weighted by molar-refractivity contribution is 0.0593. The van der Waals surface area contributed by atoms with Gasteiger partial charge in [0.15, 0.2) is 75.1 Å². The molecule has 0 saturated heterocycles. The maximum Gasteiger partial charge on any atom is 0.360 e. The van der Waals surface area contributed by atoms with E-state index in [4.69, 9.17) is 19.7 Å². The van der Waals surface area contributed by atoms with Gasteiger partial charge in [0.1, 0.15) is 35.6 Å². The third-order valence-corrected chi connectivity index (χ3v) is 22.5. The second-order valence-electron chi connectivity index (χ2n) is 27.1. The van der Waals surface area contributed by atoms with E-state index in [1.165, 1.54) is 62.2 Å². The van der Waals surface area contributed by atoms with Gasteiger partial charge in [-0.1, -0.05) is 35.4 Å². The Morgan fingerprint density at radius 2 is 0.902 bits per heavy atom. The fourth-order valence-electron chi connectivity index (χ4n) is 13.6. The molecule has 0 unspecified atom stereocenters. The van der Waals surface area contributed by atoms with Crippen LogP contribution in [0.3, 0.4) is 0 Å². The molecular formula is C74H70F6N20O10S2. The minimum atomic E-state index is -4.12. The number of aromatic amines is 1. The maximum absolute atomic E-state index is 15.0. The van der Waals surface area contributed by atoms with Crippen molar-refractivity contribution in [3.05, 3.63) is 192 Å². The van der Waals surface area contributed by atoms with E-state index in [0.717, 1.165) is 126 Å². The van der Waals surface area contributed by atoms with Crippen LogP contribution < -0.4 is 32.3 Å². The van der Waals surface area contributed by atoms with Crippen molar-refractivity contribution in [1.82, 2.24) is 67.8 Å². The first-order valence-electron chi connectivity index (χ1n) is 35.3. The van der Waals surface area contributed by atoms with Gasteiger partial charge < -0.3 is 56.0 Å². The van der Waals surface area contributed by atoms with E-state index in [1.54, 1.807) is 30.5 Å². The van der Waals surface area contributed by atoms with E-state index in [2.05, 4.69) is 91.1 Å². The van der Waals surface area contributed by atoms with Crippen molar-refractivity contribution in [1.29, 1.82) is 0 Å². The molecule has 9 N–H and O–H groups in total. The number of fused-ring (bicyclic) bond motifs is 3. The van der Waals surface area contributed by atoms with E-state index in [9.17, 15) is 52.8 Å². The van der Waals surface area contributed by atoms with Gasteiger partial charge in [-0.15, -0.1) is 0 Å². The number of aromatic carboxylic acids is 1. The maximum atomic E-state index is 15.0. The first-order chi connectivity index (χ1) is 53.8. The fourth-order valence-corrected chi connectivity index (χ4v) is 16.3. The number of esters is 1. The highest BCUT2D eigenvalue weighted by Crippen LogP contribution is 2.37. The van der Waals surface area contributed by atoms with Crippen molar-refractivity contribution in [2.24, 2.45) is 5.73 Å². The van der Waals surface area contributed by atoms with Crippen LogP contribution in [0.15, 0.2) is 154 Å². The van der Waals surface area contributed by atoms with E-state index < -0.39 is 66.9 Å². The SMILES string of the molecule is COC(=O)c1coc(N[C@@H]2CCC[C@H](Nc3nc(-c4cn(S(=O)(=O)c5ccc(C)cc5)c5ncc(F)cc45)ncc3F)C2)n1.Cc1ccc(S(=O)(=O)n2cc(-c3ncc(F)c(N[C@H]4CCC[C@@H](N)C4)n3)c3cc(F)cnc32)cc1.O=C(O)c1coc(N[C@@H]2CCC[C@H](Nc3nc(-c4c[nH]c5ncc(F)cc45)ncc3F)C2)n1. The number of hydrogen-bond acceptors (Lipinski definition) is 26. The topological polar surface area (TPSA) is 412 Å². The molecule has 0 aliphatic heterocycles. The van der Waals surface area contributed by atoms with Gasteiger partial charge >= 0.3 is 11.9 Å². The van der Waals surface area contributed by atoms with Gasteiger partial charge in [0.25, 0.3) is 32.1 Å². The largest absolute Gasteiger partial charge is 0.476 e. The quantitative estimate of drug-likeness (QED) is 0.0275. The predicted molar refractivity (Wildman–Crippen MR) is 398 cm³/mol. The van der Waals surface area contributed by atoms with Crippen LogP contribution in [0.5, 0.6) is 0 Å². The number of carboxylic acids is 1. The van der Waals surface area contributed by atoms with Crippen LogP contribution >= 0.6 is 0 Å². The van der Waals surface area contributed by atoms with Gasteiger partial charge in [-0.05, 0) is 133 Å². The van der Waals surface area contributed by atoms with Gasteiger partial charge in [-0.3, -0.25) is 0 Å². The van der Waals surface area contributed by atoms with Crippen LogP contribution in [0.4, 0.5) is 55.8 Å². The number of rotatable bonds is 19. The van der Waals surface area contributed by atoms with Crippen molar-refractivity contribution >= 4 is 94.6 Å². The van der Waals surface area contributed by atoms with E-state index >= 15 is 0 Å². The standard InChI is InChI=1S/C29H27F2N7O5S.C24H24F2N6O2S.C21H19F2N7O3/c1-16-6-8-20(9-7-16)44(40,41)38-14-22(21-10-17(30)12-33-27(21)38)25-32-13-23(31)26(37-25)34-18-4-3-5-19(11-18)35-29-36-24(15-43-29)28(39)42-2;1-14-5-7-18(8-6-14)35(33,34)32-13-20(19-9-15(25)11-29-24(19)32)22-28-12-21(26)23(31-22)30-17-4-2-3-16(27)10-17;22-10-4-13-14(7-25-17(13)24-6-10)18-26-8-15(23)19(30-18)27-11-2-1-3-12(5-11)28-21-29-16(9-33-21)20(31)32/h6-10,12-15,18-19H,3-5,11H2,1-2H3,(H,35,36)(H,32,34,37);5-9,11-13,16-17H,2-4,10,27H2,1H3,(H,28,30,31);4,6-9,11-12H,1-3,5H2,(H,24,25)(H,28,29)(H,31,32)(H,26,27,30)/t18-,19+;16-,17+;11-,12+/m010/s1. The first-order valence-corrected chi connectivity index (χ1v) is 38.2. The van der Waals surface area contributed by atoms with E-state index in [0.29, 0.717) is 35.9 Å². The zero-order valence-corrected chi connectivity index (χ0v) is 61.4. The summed E-state index contributed by atoms with van der Waals surface area (Å²) < 4.78 is 157. The first kappa shape index (κ1) is 76.3. The van der Waals surface area contributed by atoms with Gasteiger partial charge in [0.05, 0.1) is 54.1 Å². The molecule has 6 atom stereocenters. The van der Waals surface area contributed by atoms with Crippen molar-refractivity contribution in [3.8, 4) is 34.2 Å². The van der Waals surface area contributed by atoms with Crippen LogP contribution in [0.2, 0.25) is 0 Å². The summed E-state index contributed by atoms with van der Waals surface area (Å²) in [4.78, 5) is 70.9. The summed E-state index contributed by atoms with van der Waals surface area (Å²) in [6.45, 7) is 3.69. The number of nitrogens with one attached hydrogen (secondary N) is 6. The summed E-state index contributed by atoms with van der Waals surface area (Å²) in [6.07, 6.45) is 21.8. The van der Waals surface area contributed by atoms with E-state index in [-0.39, 0.29) is 138 Å². The number of methoxy groups -OCH3 is 1. The highest BCUT2D eigenvalue weighted by Gasteiger charge is 2.32. The Labute approximate surface area is 633 Å². The van der Waals surface area contributed by atoms with Gasteiger partial charge in [0, 0.05) is 87.7 Å². The number of aromatic nitrogens is 14. The summed E-state index contributed by atoms with van der Waals surface area (Å²) >= 11 is 0. The lowest BCUT2D eigenvalue weighted by Crippen LogP contribution is -2.35. The number of H-pyrrole nitrogens is 1. The Morgan fingerprint density at radius 3 is 1.33 bits per heavy atom. The molecule has 580 valence electrons. The lowest BCUT2D eigenvalue weighted by Gasteiger charge is -2.30. The molecule has 3 aliphatic carbocycles. The summed E-state index contributed by atoms with van der Waals surface area (Å²) in [5, 5.41) is 25.4. The summed E-state index contributed by atoms with van der Waals surface area (Å²) in [5.74, 6) is -5.34. The molecule has 11 aromatic heterocycles. The van der Waals surface area contributed by atoms with Gasteiger partial charge in [-0.2, -0.15) is 9.97 Å². The molecule has 112 heavy (non-hydrogen) atoms. The van der Waals surface area contributed by atoms with Crippen LogP contribution in [-0.4, -0.2) is 145 Å². The Kier molecular flexibility index (Phi) is 22.0. The number of hydrogen-bond donors (Lipinski definition) is 8. The third kappa shape index (κ3) is 16.8. The number of halogens is 6. The molecular weight excluding hydrogens is 1510 g/mol. The van der Waals surface area contributed by atoms with Crippen molar-refractivity contribution in [2.45, 2.75) is 137 Å². The molecule has 0 amide bonds. The Hall–Kier alpha value is -12.5. The molecule has 16 rings (SSSR count). The third-order valence-electron chi connectivity index (χ3n) is 19.1. The number of carboxylic acid groups (broad SMARTS) is 1. The average Bonchev–Trinajstić information content (AvgIpc) is 1.59. The molecule has 30 nitrogen and oxygen atoms in total. The summed E-state index contributed by atoms with van der Waals surface area (Å²) in [5.41, 5.74) is 9.07. The summed E-state index contributed by atoms with van der Waals surface area (Å²) in [7, 11) is -6.93. The zero-order valence-electron chi connectivity index (χ0n) is 59.7. The highest BCUT2D eigenvalue weighted by molar-refractivity contribution is 7.90. The number of carbonyl (C=O) groups is 2. The number of anilines is 5. The normalized spacial score (nSPS) is 17.9. The van der Waals surface area contributed by atoms with Crippen molar-refractivity contribution in [3.63, 3.8) is 0 Å². The van der Waals surface area contributed by atoms with Gasteiger partial charge in [-0.25, -0.2) is 106 Å². The molecule has 11 heterocycles. The summed E-state index contributed by atoms with van der Waals surface area (Å²) in [6, 6.07) is 16.1. The molecule has 0 spiro atoms. The van der Waals surface area contributed by atoms with Crippen molar-refractivity contribution in [2.75, 3.05) is 33.7 Å². The molecule has 0 bridgehead atoms. The number of nitrogens with two attached hydrogens (primary N) is 1. The fraction of sp³-hybridized carbons (Fsp3) is 0.284. The van der Waals surface area contributed by atoms with Crippen LogP contribution in [0.1, 0.15) is 109 Å². The van der Waals surface area contributed by atoms with Gasteiger partial charge in [0.2, 0.25) is 0 Å². The van der Waals surface area contributed by atoms with Crippen LogP contribution in [0.25, 0.3) is 67.3 Å². The number of benzene rings is 2. The minimum Gasteiger partial charge on any atom is -0.476 e. The van der Waals surface area contributed by atoms with Crippen molar-refractivity contribution < 1.29 is 71.4 Å². The Bertz CT molecular complexity index is 5910. The minimum absolute atomic E-state index is 0.00948. The second kappa shape index (κ2) is 32.2. The smallest absolute Gasteiger partial charge is 0.360 e. The molecule has 38 heteroatoms.